The third-order valence-electron chi connectivity index (χ3n) is 2.38. The summed E-state index contributed by atoms with van der Waals surface area (Å²) in [7, 11) is 0. The van der Waals surface area contributed by atoms with Crippen LogP contribution in [0.3, 0.4) is 0 Å². The topological polar surface area (TPSA) is 29.5 Å². The van der Waals surface area contributed by atoms with E-state index in [0.717, 1.165) is 6.61 Å². The Labute approximate surface area is 82.3 Å². The Balaban J connectivity index is 3.28. The molecule has 0 saturated heterocycles. The summed E-state index contributed by atoms with van der Waals surface area (Å²) in [5.74, 6) is 0.693. The maximum Gasteiger partial charge on any atom is 0.0697 e. The number of hydrogen-bond acceptors (Lipinski definition) is 2. The second-order valence-corrected chi connectivity index (χ2v) is 3.57. The van der Waals surface area contributed by atoms with Gasteiger partial charge >= 0.3 is 0 Å². The van der Waals surface area contributed by atoms with Gasteiger partial charge in [0, 0.05) is 6.61 Å². The molecule has 0 spiro atoms. The first-order chi connectivity index (χ1) is 6.35. The SMILES string of the molecule is CCCCCC(CC)COCCO. The summed E-state index contributed by atoms with van der Waals surface area (Å²) in [6.07, 6.45) is 6.40. The molecule has 0 bridgehead atoms. The van der Waals surface area contributed by atoms with Crippen molar-refractivity contribution in [3.8, 4) is 0 Å². The van der Waals surface area contributed by atoms with Crippen molar-refractivity contribution in [1.82, 2.24) is 0 Å². The van der Waals surface area contributed by atoms with Gasteiger partial charge in [-0.25, -0.2) is 0 Å². The van der Waals surface area contributed by atoms with E-state index >= 15 is 0 Å². The van der Waals surface area contributed by atoms with Crippen molar-refractivity contribution >= 4 is 0 Å². The van der Waals surface area contributed by atoms with Crippen LogP contribution in [0.25, 0.3) is 0 Å². The normalized spacial score (nSPS) is 13.2. The van der Waals surface area contributed by atoms with Crippen LogP contribution in [0.4, 0.5) is 0 Å². The van der Waals surface area contributed by atoms with Gasteiger partial charge in [-0.3, -0.25) is 0 Å². The molecule has 0 rings (SSSR count). The molecule has 1 N–H and O–H groups in total. The minimum absolute atomic E-state index is 0.144. The fourth-order valence-corrected chi connectivity index (χ4v) is 1.40. The fraction of sp³-hybridized carbons (Fsp3) is 1.00. The van der Waals surface area contributed by atoms with Crippen molar-refractivity contribution in [1.29, 1.82) is 0 Å². The zero-order valence-corrected chi connectivity index (χ0v) is 9.09. The van der Waals surface area contributed by atoms with Crippen molar-refractivity contribution in [3.63, 3.8) is 0 Å². The Bertz CT molecular complexity index is 84.1. The molecule has 0 heterocycles. The molecule has 0 saturated carbocycles. The molecule has 1 unspecified atom stereocenters. The van der Waals surface area contributed by atoms with Crippen LogP contribution >= 0.6 is 0 Å². The summed E-state index contributed by atoms with van der Waals surface area (Å²) >= 11 is 0. The third kappa shape index (κ3) is 8.26. The Morgan fingerprint density at radius 3 is 2.54 bits per heavy atom. The largest absolute Gasteiger partial charge is 0.394 e. The van der Waals surface area contributed by atoms with Gasteiger partial charge in [0.2, 0.25) is 0 Å². The first-order valence-electron chi connectivity index (χ1n) is 5.53. The third-order valence-corrected chi connectivity index (χ3v) is 2.38. The summed E-state index contributed by atoms with van der Waals surface area (Å²) in [5.41, 5.74) is 0. The number of unbranched alkanes of at least 4 members (excludes halogenated alkanes) is 2. The second-order valence-electron chi connectivity index (χ2n) is 3.57. The van der Waals surface area contributed by atoms with Gasteiger partial charge in [0.1, 0.15) is 0 Å². The van der Waals surface area contributed by atoms with Gasteiger partial charge in [-0.05, 0) is 12.3 Å². The fourth-order valence-electron chi connectivity index (χ4n) is 1.40. The molecule has 80 valence electrons. The molecule has 0 radical (unpaired) electrons. The summed E-state index contributed by atoms with van der Waals surface area (Å²) in [6, 6.07) is 0. The van der Waals surface area contributed by atoms with E-state index in [0.29, 0.717) is 12.5 Å². The summed E-state index contributed by atoms with van der Waals surface area (Å²) in [4.78, 5) is 0. The summed E-state index contributed by atoms with van der Waals surface area (Å²) in [6.45, 7) is 5.89. The molecule has 0 aromatic heterocycles. The molecular formula is C11H24O2. The van der Waals surface area contributed by atoms with Crippen molar-refractivity contribution < 1.29 is 9.84 Å². The van der Waals surface area contributed by atoms with Gasteiger partial charge in [0.05, 0.1) is 13.2 Å². The van der Waals surface area contributed by atoms with Crippen LogP contribution < -0.4 is 0 Å². The molecular weight excluding hydrogens is 164 g/mol. The highest BCUT2D eigenvalue weighted by Gasteiger charge is 2.05. The van der Waals surface area contributed by atoms with Gasteiger partial charge in [0.15, 0.2) is 0 Å². The van der Waals surface area contributed by atoms with E-state index in [2.05, 4.69) is 13.8 Å². The predicted molar refractivity (Wildman–Crippen MR) is 55.8 cm³/mol. The van der Waals surface area contributed by atoms with Crippen molar-refractivity contribution in [3.05, 3.63) is 0 Å². The monoisotopic (exact) mass is 188 g/mol. The highest BCUT2D eigenvalue weighted by Crippen LogP contribution is 2.13. The highest BCUT2D eigenvalue weighted by molar-refractivity contribution is 4.56. The first-order valence-corrected chi connectivity index (χ1v) is 5.53. The number of rotatable bonds is 9. The van der Waals surface area contributed by atoms with Gasteiger partial charge in [-0.2, -0.15) is 0 Å². The van der Waals surface area contributed by atoms with Gasteiger partial charge in [0.25, 0.3) is 0 Å². The standard InChI is InChI=1S/C11H24O2/c1-3-5-6-7-11(4-2)10-13-9-8-12/h11-12H,3-10H2,1-2H3. The molecule has 2 nitrogen and oxygen atoms in total. The molecule has 0 aliphatic heterocycles. The predicted octanol–water partition coefficient (Wildman–Crippen LogP) is 2.60. The van der Waals surface area contributed by atoms with E-state index < -0.39 is 0 Å². The molecule has 0 aliphatic carbocycles. The van der Waals surface area contributed by atoms with Crippen LogP contribution in [0.2, 0.25) is 0 Å². The van der Waals surface area contributed by atoms with Gasteiger partial charge < -0.3 is 9.84 Å². The molecule has 0 fully saturated rings. The van der Waals surface area contributed by atoms with E-state index in [-0.39, 0.29) is 6.61 Å². The lowest BCUT2D eigenvalue weighted by atomic mass is 10.00. The molecule has 1 atom stereocenters. The van der Waals surface area contributed by atoms with Crippen LogP contribution in [0.15, 0.2) is 0 Å². The lowest BCUT2D eigenvalue weighted by molar-refractivity contribution is 0.0639. The molecule has 0 aromatic rings. The Morgan fingerprint density at radius 1 is 1.23 bits per heavy atom. The quantitative estimate of drug-likeness (QED) is 0.564. The maximum absolute atomic E-state index is 8.54. The van der Waals surface area contributed by atoms with Gasteiger partial charge in [-0.15, -0.1) is 0 Å². The highest BCUT2D eigenvalue weighted by atomic mass is 16.5. The molecule has 0 aliphatic rings. The zero-order valence-electron chi connectivity index (χ0n) is 9.09. The summed E-state index contributed by atoms with van der Waals surface area (Å²) in [5, 5.41) is 8.54. The Morgan fingerprint density at radius 2 is 2.00 bits per heavy atom. The van der Waals surface area contributed by atoms with Crippen molar-refractivity contribution in [2.75, 3.05) is 19.8 Å². The Hall–Kier alpha value is -0.0800. The molecule has 0 amide bonds. The lowest BCUT2D eigenvalue weighted by Crippen LogP contribution is -2.11. The van der Waals surface area contributed by atoms with E-state index in [1.165, 1.54) is 32.1 Å². The zero-order chi connectivity index (χ0) is 9.94. The smallest absolute Gasteiger partial charge is 0.0697 e. The van der Waals surface area contributed by atoms with Crippen LogP contribution in [-0.2, 0) is 4.74 Å². The average Bonchev–Trinajstić information content (AvgIpc) is 2.16. The van der Waals surface area contributed by atoms with E-state index in [1.54, 1.807) is 0 Å². The van der Waals surface area contributed by atoms with Crippen LogP contribution in [0.5, 0.6) is 0 Å². The number of ether oxygens (including phenoxy) is 1. The lowest BCUT2D eigenvalue weighted by Gasteiger charge is -2.14. The van der Waals surface area contributed by atoms with Gasteiger partial charge in [-0.1, -0.05) is 39.5 Å². The molecule has 13 heavy (non-hydrogen) atoms. The van der Waals surface area contributed by atoms with Crippen molar-refractivity contribution in [2.45, 2.75) is 46.0 Å². The molecule has 0 aromatic carbocycles. The number of aliphatic hydroxyl groups excluding tert-OH is 1. The number of hydrogen-bond donors (Lipinski definition) is 1. The second kappa shape index (κ2) is 10.0. The minimum Gasteiger partial charge on any atom is -0.394 e. The first kappa shape index (κ1) is 12.9. The van der Waals surface area contributed by atoms with Crippen LogP contribution in [0, 0.1) is 5.92 Å². The van der Waals surface area contributed by atoms with E-state index in [4.69, 9.17) is 9.84 Å². The summed E-state index contributed by atoms with van der Waals surface area (Å²) < 4.78 is 5.32. The number of aliphatic hydroxyl groups is 1. The maximum atomic E-state index is 8.54. The average molecular weight is 188 g/mol. The van der Waals surface area contributed by atoms with Crippen molar-refractivity contribution in [2.24, 2.45) is 5.92 Å². The minimum atomic E-state index is 0.144. The van der Waals surface area contributed by atoms with E-state index in [9.17, 15) is 0 Å². The Kier molecular flexibility index (Phi) is 9.94. The van der Waals surface area contributed by atoms with Crippen LogP contribution in [0.1, 0.15) is 46.0 Å². The van der Waals surface area contributed by atoms with E-state index in [1.807, 2.05) is 0 Å². The van der Waals surface area contributed by atoms with Crippen LogP contribution in [-0.4, -0.2) is 24.9 Å². The molecule has 2 heteroatoms.